The molecule has 0 saturated heterocycles. The van der Waals surface area contributed by atoms with E-state index in [1.54, 1.807) is 0 Å². The summed E-state index contributed by atoms with van der Waals surface area (Å²) in [4.78, 5) is 0. The summed E-state index contributed by atoms with van der Waals surface area (Å²) in [7, 11) is 0. The Morgan fingerprint density at radius 2 is 1.50 bits per heavy atom. The van der Waals surface area contributed by atoms with Crippen LogP contribution < -0.4 is 0 Å². The van der Waals surface area contributed by atoms with Gasteiger partial charge in [-0.05, 0) is 54.1 Å². The molecule has 0 amide bonds. The predicted molar refractivity (Wildman–Crippen MR) is 85.9 cm³/mol. The van der Waals surface area contributed by atoms with Crippen LogP contribution in [-0.2, 0) is 11.0 Å². The molecule has 0 aromatic heterocycles. The van der Waals surface area contributed by atoms with Crippen molar-refractivity contribution < 1.29 is 5.11 Å². The Morgan fingerprint density at radius 1 is 0.900 bits per heavy atom. The monoisotopic (exact) mass is 274 g/mol. The minimum absolute atomic E-state index is 0.173. The molecular weight excluding hydrogens is 244 g/mol. The van der Waals surface area contributed by atoms with E-state index >= 15 is 0 Å². The third-order valence-electron chi connectivity index (χ3n) is 4.95. The molecule has 1 N–H and O–H groups in total. The Morgan fingerprint density at radius 3 is 2.05 bits per heavy atom. The van der Waals surface area contributed by atoms with Gasteiger partial charge in [0.1, 0.15) is 0 Å². The van der Waals surface area contributed by atoms with E-state index in [2.05, 4.69) is 58.9 Å². The lowest BCUT2D eigenvalue weighted by atomic mass is 9.81. The molecule has 1 unspecified atom stereocenters. The maximum atomic E-state index is 11.0. The zero-order valence-electron chi connectivity index (χ0n) is 13.8. The number of hydrogen-bond donors (Lipinski definition) is 1. The average Bonchev–Trinajstić information content (AvgIpc) is 2.49. The molecule has 2 rings (SSSR count). The topological polar surface area (TPSA) is 20.2 Å². The van der Waals surface area contributed by atoms with Crippen LogP contribution in [0.1, 0.15) is 77.8 Å². The van der Waals surface area contributed by atoms with Gasteiger partial charge < -0.3 is 5.11 Å². The lowest BCUT2D eigenvalue weighted by Crippen LogP contribution is -2.25. The first-order chi connectivity index (χ1) is 9.12. The molecule has 0 spiro atoms. The van der Waals surface area contributed by atoms with E-state index in [-0.39, 0.29) is 5.41 Å². The molecule has 112 valence electrons. The molecule has 1 saturated carbocycles. The van der Waals surface area contributed by atoms with Crippen LogP contribution in [0.3, 0.4) is 0 Å². The molecule has 1 nitrogen and oxygen atoms in total. The fourth-order valence-electron chi connectivity index (χ4n) is 3.22. The number of hydrogen-bond acceptors (Lipinski definition) is 1. The Kier molecular flexibility index (Phi) is 4.03. The minimum atomic E-state index is -0.621. The van der Waals surface area contributed by atoms with Crippen molar-refractivity contribution in [3.63, 3.8) is 0 Å². The maximum absolute atomic E-state index is 11.0. The predicted octanol–water partition coefficient (Wildman–Crippen LogP) is 5.16. The van der Waals surface area contributed by atoms with Crippen LogP contribution in [0.25, 0.3) is 0 Å². The van der Waals surface area contributed by atoms with Crippen molar-refractivity contribution in [3.8, 4) is 0 Å². The fraction of sp³-hybridized carbons (Fsp3) is 0.684. The molecule has 0 radical (unpaired) electrons. The number of benzene rings is 1. The SMILES string of the molecule is CC1(C)CCCC(O)(c2ccc(C(C)(C)C)cc2)CC1. The van der Waals surface area contributed by atoms with Crippen molar-refractivity contribution in [1.29, 1.82) is 0 Å². The van der Waals surface area contributed by atoms with Gasteiger partial charge in [0, 0.05) is 0 Å². The van der Waals surface area contributed by atoms with Gasteiger partial charge in [-0.3, -0.25) is 0 Å². The highest BCUT2D eigenvalue weighted by atomic mass is 16.3. The van der Waals surface area contributed by atoms with Crippen LogP contribution >= 0.6 is 0 Å². The van der Waals surface area contributed by atoms with Gasteiger partial charge in [-0.2, -0.15) is 0 Å². The second-order valence-corrected chi connectivity index (χ2v) is 8.38. The molecule has 1 heteroatoms. The van der Waals surface area contributed by atoms with Crippen LogP contribution in [0, 0.1) is 5.41 Å². The zero-order valence-corrected chi connectivity index (χ0v) is 13.8. The quantitative estimate of drug-likeness (QED) is 0.701. The largest absolute Gasteiger partial charge is 0.385 e. The van der Waals surface area contributed by atoms with Crippen LogP contribution in [0.2, 0.25) is 0 Å². The van der Waals surface area contributed by atoms with Gasteiger partial charge in [-0.25, -0.2) is 0 Å². The van der Waals surface area contributed by atoms with Crippen LogP contribution in [0.15, 0.2) is 24.3 Å². The van der Waals surface area contributed by atoms with Crippen molar-refractivity contribution >= 4 is 0 Å². The van der Waals surface area contributed by atoms with E-state index in [1.807, 2.05) is 0 Å². The molecule has 1 aromatic rings. The Hall–Kier alpha value is -0.820. The fourth-order valence-corrected chi connectivity index (χ4v) is 3.22. The first kappa shape index (κ1) is 15.6. The standard InChI is InChI=1S/C19H30O/c1-17(2,3)15-7-9-16(10-8-15)19(20)12-6-11-18(4,5)13-14-19/h7-10,20H,6,11-14H2,1-5H3. The van der Waals surface area contributed by atoms with E-state index in [9.17, 15) is 5.11 Å². The van der Waals surface area contributed by atoms with Crippen molar-refractivity contribution in [3.05, 3.63) is 35.4 Å². The van der Waals surface area contributed by atoms with Crippen LogP contribution in [0.4, 0.5) is 0 Å². The van der Waals surface area contributed by atoms with Gasteiger partial charge in [0.05, 0.1) is 5.60 Å². The van der Waals surface area contributed by atoms with Gasteiger partial charge in [-0.1, -0.05) is 58.9 Å². The highest BCUT2D eigenvalue weighted by Crippen LogP contribution is 2.43. The molecule has 0 aliphatic heterocycles. The molecule has 0 bridgehead atoms. The van der Waals surface area contributed by atoms with E-state index in [1.165, 1.54) is 12.0 Å². The number of rotatable bonds is 1. The molecule has 20 heavy (non-hydrogen) atoms. The Balaban J connectivity index is 2.22. The smallest absolute Gasteiger partial charge is 0.0896 e. The third kappa shape index (κ3) is 3.44. The molecule has 1 aromatic carbocycles. The summed E-state index contributed by atoms with van der Waals surface area (Å²) < 4.78 is 0. The Labute approximate surface area is 124 Å². The lowest BCUT2D eigenvalue weighted by Gasteiger charge is -2.29. The summed E-state index contributed by atoms with van der Waals surface area (Å²) in [5.41, 5.74) is 2.36. The van der Waals surface area contributed by atoms with Gasteiger partial charge in [0.15, 0.2) is 0 Å². The highest BCUT2D eigenvalue weighted by molar-refractivity contribution is 5.31. The van der Waals surface area contributed by atoms with Crippen molar-refractivity contribution in [2.24, 2.45) is 5.41 Å². The highest BCUT2D eigenvalue weighted by Gasteiger charge is 2.35. The maximum Gasteiger partial charge on any atom is 0.0896 e. The summed E-state index contributed by atoms with van der Waals surface area (Å²) in [6.07, 6.45) is 5.21. The second-order valence-electron chi connectivity index (χ2n) is 8.38. The summed E-state index contributed by atoms with van der Waals surface area (Å²) >= 11 is 0. The van der Waals surface area contributed by atoms with E-state index in [0.717, 1.165) is 31.2 Å². The second kappa shape index (κ2) is 5.18. The van der Waals surface area contributed by atoms with Gasteiger partial charge >= 0.3 is 0 Å². The molecular formula is C19H30O. The molecule has 1 atom stereocenters. The molecule has 1 aliphatic rings. The van der Waals surface area contributed by atoms with Crippen LogP contribution in [-0.4, -0.2) is 5.11 Å². The van der Waals surface area contributed by atoms with Crippen molar-refractivity contribution in [2.75, 3.05) is 0 Å². The minimum Gasteiger partial charge on any atom is -0.385 e. The molecule has 1 fully saturated rings. The van der Waals surface area contributed by atoms with Crippen LogP contribution in [0.5, 0.6) is 0 Å². The first-order valence-electron chi connectivity index (χ1n) is 7.96. The normalized spacial score (nSPS) is 27.1. The summed E-state index contributed by atoms with van der Waals surface area (Å²) in [6, 6.07) is 8.64. The van der Waals surface area contributed by atoms with Crippen molar-refractivity contribution in [1.82, 2.24) is 0 Å². The lowest BCUT2D eigenvalue weighted by molar-refractivity contribution is 0.0180. The molecule has 1 aliphatic carbocycles. The third-order valence-corrected chi connectivity index (χ3v) is 4.95. The van der Waals surface area contributed by atoms with Gasteiger partial charge in [0.2, 0.25) is 0 Å². The first-order valence-corrected chi connectivity index (χ1v) is 7.96. The van der Waals surface area contributed by atoms with Gasteiger partial charge in [-0.15, -0.1) is 0 Å². The van der Waals surface area contributed by atoms with Gasteiger partial charge in [0.25, 0.3) is 0 Å². The van der Waals surface area contributed by atoms with E-state index in [4.69, 9.17) is 0 Å². The van der Waals surface area contributed by atoms with E-state index < -0.39 is 5.60 Å². The molecule has 0 heterocycles. The number of aliphatic hydroxyl groups is 1. The Bertz CT molecular complexity index is 450. The van der Waals surface area contributed by atoms with Crippen molar-refractivity contribution in [2.45, 2.75) is 77.7 Å². The van der Waals surface area contributed by atoms with E-state index in [0.29, 0.717) is 5.41 Å². The average molecular weight is 274 g/mol. The summed E-state index contributed by atoms with van der Waals surface area (Å²) in [6.45, 7) is 11.3. The summed E-state index contributed by atoms with van der Waals surface area (Å²) in [5.74, 6) is 0. The summed E-state index contributed by atoms with van der Waals surface area (Å²) in [5, 5.41) is 11.0. The zero-order chi connectivity index (χ0) is 15.0.